The van der Waals surface area contributed by atoms with Gasteiger partial charge >= 0.3 is 23.9 Å². The summed E-state index contributed by atoms with van der Waals surface area (Å²) in [6, 6.07) is 3.19. The fraction of sp³-hybridized carbons (Fsp3) is 0.462. The largest absolute Gasteiger partial charge is 0.462 e. The lowest BCUT2D eigenvalue weighted by molar-refractivity contribution is -0.158. The number of carbonyl (C=O) groups is 4. The molecule has 0 saturated carbocycles. The number of rotatable bonds is 18. The Bertz CT molecular complexity index is 911. The Balaban J connectivity index is 5.74. The van der Waals surface area contributed by atoms with Gasteiger partial charge in [-0.2, -0.15) is 10.5 Å². The van der Waals surface area contributed by atoms with Crippen LogP contribution in [-0.4, -0.2) is 63.5 Å². The van der Waals surface area contributed by atoms with Crippen LogP contribution in [0.5, 0.6) is 0 Å². The molecule has 0 rings (SSSR count). The number of nitriles is 2. The molecule has 2 unspecified atom stereocenters. The molecule has 0 aliphatic carbocycles. The first-order valence-corrected chi connectivity index (χ1v) is 11.2. The highest BCUT2D eigenvalue weighted by atomic mass is 16.6. The lowest BCUT2D eigenvalue weighted by Crippen LogP contribution is -2.42. The van der Waals surface area contributed by atoms with Crippen molar-refractivity contribution in [2.75, 3.05) is 39.6 Å². The number of ether oxygens (including phenoxy) is 5. The predicted molar refractivity (Wildman–Crippen MR) is 130 cm³/mol. The molecular formula is C26H32N2O9. The van der Waals surface area contributed by atoms with Gasteiger partial charge in [0, 0.05) is 12.2 Å². The summed E-state index contributed by atoms with van der Waals surface area (Å²) < 4.78 is 26.7. The lowest BCUT2D eigenvalue weighted by atomic mass is 9.86. The van der Waals surface area contributed by atoms with E-state index in [-0.39, 0.29) is 39.6 Å². The molecule has 0 fully saturated rings. The van der Waals surface area contributed by atoms with Crippen LogP contribution in [0.25, 0.3) is 0 Å². The fourth-order valence-corrected chi connectivity index (χ4v) is 2.62. The van der Waals surface area contributed by atoms with Crippen LogP contribution in [0.2, 0.25) is 0 Å². The van der Waals surface area contributed by atoms with Crippen molar-refractivity contribution >= 4 is 23.9 Å². The minimum absolute atomic E-state index is 0.101. The van der Waals surface area contributed by atoms with Crippen LogP contribution in [0.15, 0.2) is 49.6 Å². The molecule has 0 aromatic carbocycles. The van der Waals surface area contributed by atoms with Crippen molar-refractivity contribution in [1.29, 1.82) is 10.5 Å². The first-order valence-electron chi connectivity index (χ1n) is 11.2. The van der Waals surface area contributed by atoms with E-state index in [9.17, 15) is 19.2 Å². The summed E-state index contributed by atoms with van der Waals surface area (Å²) in [5, 5.41) is 17.7. The standard InChI is InChI=1S/C26H32N2O9/c1-7-21(29)34-15-25(9-3,17-36-23(31)19(5)11-27)13-33-14-26(10-4,16-35-22(30)8-2)18-37-24(32)20(6)12-28/h7-8H,1-2,5-6,9-10,13-18H2,3-4H3. The van der Waals surface area contributed by atoms with Crippen molar-refractivity contribution in [2.45, 2.75) is 26.7 Å². The van der Waals surface area contributed by atoms with Gasteiger partial charge in [-0.25, -0.2) is 19.2 Å². The molecule has 0 saturated heterocycles. The summed E-state index contributed by atoms with van der Waals surface area (Å²) in [5.41, 5.74) is -2.84. The smallest absolute Gasteiger partial charge is 0.348 e. The van der Waals surface area contributed by atoms with Gasteiger partial charge in [-0.05, 0) is 12.8 Å². The second-order valence-electron chi connectivity index (χ2n) is 8.16. The molecule has 0 aromatic heterocycles. The summed E-state index contributed by atoms with van der Waals surface area (Å²) in [4.78, 5) is 47.3. The molecule has 37 heavy (non-hydrogen) atoms. The van der Waals surface area contributed by atoms with E-state index in [0.29, 0.717) is 12.8 Å². The van der Waals surface area contributed by atoms with E-state index >= 15 is 0 Å². The molecule has 0 heterocycles. The Labute approximate surface area is 216 Å². The number of esters is 4. The zero-order valence-corrected chi connectivity index (χ0v) is 21.2. The Hall–Kier alpha value is -4.22. The quantitative estimate of drug-likeness (QED) is 0.114. The van der Waals surface area contributed by atoms with Crippen LogP contribution in [0, 0.1) is 33.5 Å². The maximum Gasteiger partial charge on any atom is 0.348 e. The minimum Gasteiger partial charge on any atom is -0.462 e. The van der Waals surface area contributed by atoms with E-state index in [2.05, 4.69) is 26.3 Å². The number of nitrogens with zero attached hydrogens (tertiary/aromatic N) is 2. The monoisotopic (exact) mass is 516 g/mol. The van der Waals surface area contributed by atoms with Crippen LogP contribution >= 0.6 is 0 Å². The van der Waals surface area contributed by atoms with E-state index < -0.39 is 45.9 Å². The third kappa shape index (κ3) is 11.4. The third-order valence-corrected chi connectivity index (χ3v) is 5.47. The molecular weight excluding hydrogens is 484 g/mol. The Morgan fingerprint density at radius 3 is 1.27 bits per heavy atom. The molecule has 0 N–H and O–H groups in total. The van der Waals surface area contributed by atoms with Crippen LogP contribution < -0.4 is 0 Å². The van der Waals surface area contributed by atoms with Crippen LogP contribution in [0.3, 0.4) is 0 Å². The first-order chi connectivity index (χ1) is 17.5. The molecule has 2 atom stereocenters. The van der Waals surface area contributed by atoms with Gasteiger partial charge < -0.3 is 23.7 Å². The minimum atomic E-state index is -1.02. The zero-order chi connectivity index (χ0) is 28.5. The lowest BCUT2D eigenvalue weighted by Gasteiger charge is -2.35. The van der Waals surface area contributed by atoms with Gasteiger partial charge in [-0.3, -0.25) is 0 Å². The van der Waals surface area contributed by atoms with Gasteiger partial charge in [0.2, 0.25) is 0 Å². The molecule has 0 aliphatic rings. The summed E-state index contributed by atoms with van der Waals surface area (Å²) in [6.45, 7) is 15.7. The highest BCUT2D eigenvalue weighted by Crippen LogP contribution is 2.29. The highest BCUT2D eigenvalue weighted by Gasteiger charge is 2.37. The Kier molecular flexibility index (Phi) is 14.6. The molecule has 0 radical (unpaired) electrons. The summed E-state index contributed by atoms with van der Waals surface area (Å²) in [6.07, 6.45) is 2.60. The van der Waals surface area contributed by atoms with E-state index in [1.807, 2.05) is 0 Å². The number of carbonyl (C=O) groups excluding carboxylic acids is 4. The van der Waals surface area contributed by atoms with E-state index in [1.165, 1.54) is 0 Å². The Morgan fingerprint density at radius 2 is 1.00 bits per heavy atom. The van der Waals surface area contributed by atoms with E-state index in [0.717, 1.165) is 12.2 Å². The maximum absolute atomic E-state index is 12.0. The van der Waals surface area contributed by atoms with Gasteiger partial charge in [-0.1, -0.05) is 40.2 Å². The SMILES string of the molecule is C=CC(=O)OCC(CC)(COCC(CC)(COC(=O)C=C)COC(=O)C(=C)C#N)COC(=O)C(=C)C#N. The van der Waals surface area contributed by atoms with Crippen molar-refractivity contribution in [3.63, 3.8) is 0 Å². The second-order valence-corrected chi connectivity index (χ2v) is 8.16. The molecule has 0 spiro atoms. The van der Waals surface area contributed by atoms with Crippen molar-refractivity contribution in [2.24, 2.45) is 10.8 Å². The highest BCUT2D eigenvalue weighted by molar-refractivity contribution is 5.92. The van der Waals surface area contributed by atoms with Crippen molar-refractivity contribution in [1.82, 2.24) is 0 Å². The van der Waals surface area contributed by atoms with Crippen LogP contribution in [0.4, 0.5) is 0 Å². The molecule has 11 nitrogen and oxygen atoms in total. The van der Waals surface area contributed by atoms with Crippen molar-refractivity contribution in [3.8, 4) is 12.1 Å². The molecule has 200 valence electrons. The normalized spacial score (nSPS) is 13.2. The first kappa shape index (κ1) is 32.8. The van der Waals surface area contributed by atoms with E-state index in [4.69, 9.17) is 34.2 Å². The summed E-state index contributed by atoms with van der Waals surface area (Å²) in [5.74, 6) is -3.26. The molecule has 0 aromatic rings. The second kappa shape index (κ2) is 16.5. The van der Waals surface area contributed by atoms with Gasteiger partial charge in [-0.15, -0.1) is 0 Å². The molecule has 0 amide bonds. The molecule has 11 heteroatoms. The van der Waals surface area contributed by atoms with Gasteiger partial charge in [0.05, 0.1) is 24.0 Å². The molecule has 0 bridgehead atoms. The predicted octanol–water partition coefficient (Wildman–Crippen LogP) is 2.50. The van der Waals surface area contributed by atoms with E-state index in [1.54, 1.807) is 26.0 Å². The average Bonchev–Trinajstić information content (AvgIpc) is 2.93. The third-order valence-electron chi connectivity index (χ3n) is 5.47. The number of hydrogen-bond acceptors (Lipinski definition) is 11. The number of hydrogen-bond donors (Lipinski definition) is 0. The van der Waals surface area contributed by atoms with Gasteiger partial charge in [0.15, 0.2) is 0 Å². The fourth-order valence-electron chi connectivity index (χ4n) is 2.62. The zero-order valence-electron chi connectivity index (χ0n) is 21.2. The van der Waals surface area contributed by atoms with Gasteiger partial charge in [0.25, 0.3) is 0 Å². The van der Waals surface area contributed by atoms with Crippen molar-refractivity contribution in [3.05, 3.63) is 49.6 Å². The topological polar surface area (TPSA) is 162 Å². The summed E-state index contributed by atoms with van der Waals surface area (Å²) >= 11 is 0. The summed E-state index contributed by atoms with van der Waals surface area (Å²) in [7, 11) is 0. The average molecular weight is 517 g/mol. The van der Waals surface area contributed by atoms with Gasteiger partial charge in [0.1, 0.15) is 49.7 Å². The van der Waals surface area contributed by atoms with Crippen molar-refractivity contribution < 1.29 is 42.9 Å². The Morgan fingerprint density at radius 1 is 0.676 bits per heavy atom. The van der Waals surface area contributed by atoms with Crippen LogP contribution in [-0.2, 0) is 42.9 Å². The maximum atomic E-state index is 12.0. The molecule has 0 aliphatic heterocycles. The van der Waals surface area contributed by atoms with Crippen LogP contribution in [0.1, 0.15) is 26.7 Å².